The van der Waals surface area contributed by atoms with Crippen LogP contribution in [0, 0.1) is 11.3 Å². The molecule has 3 aromatic rings. The summed E-state index contributed by atoms with van der Waals surface area (Å²) in [7, 11) is 0. The Morgan fingerprint density at radius 1 is 1.30 bits per heavy atom. The largest absolute Gasteiger partial charge is 0.467 e. The number of hydrogen-bond acceptors (Lipinski definition) is 6. The molecule has 3 rings (SSSR count). The number of amides is 1. The van der Waals surface area contributed by atoms with Crippen molar-refractivity contribution in [3.63, 3.8) is 0 Å². The van der Waals surface area contributed by atoms with Crippen molar-refractivity contribution >= 4 is 28.6 Å². The normalized spacial score (nSPS) is 10.6. The third-order valence-corrected chi connectivity index (χ3v) is 4.76. The van der Waals surface area contributed by atoms with E-state index >= 15 is 0 Å². The first-order chi connectivity index (χ1) is 13.2. The second-order valence-corrected chi connectivity index (χ2v) is 6.72. The van der Waals surface area contributed by atoms with E-state index in [1.54, 1.807) is 41.2 Å². The first-order valence-electron chi connectivity index (χ1n) is 8.47. The van der Waals surface area contributed by atoms with Crippen LogP contribution in [0.2, 0.25) is 0 Å². The first-order valence-corrected chi connectivity index (χ1v) is 9.46. The SMILES string of the molecule is N#CCSc1nc2ccccc2c(=O)n1CCCC(=O)NCc1ccco1. The summed E-state index contributed by atoms with van der Waals surface area (Å²) in [4.78, 5) is 29.3. The van der Waals surface area contributed by atoms with Gasteiger partial charge < -0.3 is 9.73 Å². The minimum absolute atomic E-state index is 0.112. The molecule has 0 saturated carbocycles. The van der Waals surface area contributed by atoms with Crippen molar-refractivity contribution in [1.82, 2.24) is 14.9 Å². The number of thioether (sulfide) groups is 1. The molecular formula is C19H18N4O3S. The van der Waals surface area contributed by atoms with Gasteiger partial charge in [-0.25, -0.2) is 4.98 Å². The predicted molar refractivity (Wildman–Crippen MR) is 102 cm³/mol. The van der Waals surface area contributed by atoms with Gasteiger partial charge in [-0.15, -0.1) is 0 Å². The highest BCUT2D eigenvalue weighted by Gasteiger charge is 2.12. The molecule has 8 heteroatoms. The molecule has 7 nitrogen and oxygen atoms in total. The Kier molecular flexibility index (Phi) is 6.28. The van der Waals surface area contributed by atoms with Gasteiger partial charge in [0.05, 0.1) is 35.5 Å². The molecule has 0 aliphatic carbocycles. The fraction of sp³-hybridized carbons (Fsp3) is 0.263. The van der Waals surface area contributed by atoms with E-state index in [1.165, 1.54) is 11.8 Å². The van der Waals surface area contributed by atoms with Crippen molar-refractivity contribution in [2.24, 2.45) is 0 Å². The Morgan fingerprint density at radius 3 is 2.93 bits per heavy atom. The number of nitrogens with zero attached hydrogens (tertiary/aromatic N) is 3. The van der Waals surface area contributed by atoms with Crippen LogP contribution in [0.3, 0.4) is 0 Å². The van der Waals surface area contributed by atoms with Crippen LogP contribution in [0.15, 0.2) is 57.0 Å². The lowest BCUT2D eigenvalue weighted by atomic mass is 10.2. The number of hydrogen-bond donors (Lipinski definition) is 1. The first kappa shape index (κ1) is 18.7. The minimum atomic E-state index is -0.156. The summed E-state index contributed by atoms with van der Waals surface area (Å²) in [6, 6.07) is 12.7. The standard InChI is InChI=1S/C19H18N4O3S/c20-9-12-27-19-22-16-7-2-1-6-15(16)18(25)23(19)10-3-8-17(24)21-13-14-5-4-11-26-14/h1-2,4-7,11H,3,8,10,12-13H2,(H,21,24). The molecule has 0 atom stereocenters. The molecule has 0 spiro atoms. The average Bonchev–Trinajstić information content (AvgIpc) is 3.20. The maximum atomic E-state index is 12.8. The van der Waals surface area contributed by atoms with E-state index in [-0.39, 0.29) is 23.6 Å². The van der Waals surface area contributed by atoms with Gasteiger partial charge in [0.15, 0.2) is 5.16 Å². The fourth-order valence-electron chi connectivity index (χ4n) is 2.64. The Balaban J connectivity index is 1.67. The van der Waals surface area contributed by atoms with E-state index in [9.17, 15) is 9.59 Å². The highest BCUT2D eigenvalue weighted by Crippen LogP contribution is 2.17. The zero-order chi connectivity index (χ0) is 19.1. The van der Waals surface area contributed by atoms with Gasteiger partial charge in [0.25, 0.3) is 5.56 Å². The summed E-state index contributed by atoms with van der Waals surface area (Å²) in [5.41, 5.74) is 0.451. The zero-order valence-corrected chi connectivity index (χ0v) is 15.4. The monoisotopic (exact) mass is 382 g/mol. The molecule has 0 bridgehead atoms. The van der Waals surface area contributed by atoms with Gasteiger partial charge in [0.1, 0.15) is 5.76 Å². The number of aromatic nitrogens is 2. The fourth-order valence-corrected chi connectivity index (χ4v) is 3.32. The lowest BCUT2D eigenvalue weighted by Crippen LogP contribution is -2.26. The number of furan rings is 1. The zero-order valence-electron chi connectivity index (χ0n) is 14.6. The van der Waals surface area contributed by atoms with Crippen molar-refractivity contribution in [2.45, 2.75) is 31.1 Å². The number of benzene rings is 1. The third-order valence-electron chi connectivity index (χ3n) is 3.92. The highest BCUT2D eigenvalue weighted by atomic mass is 32.2. The van der Waals surface area contributed by atoms with Crippen molar-refractivity contribution in [3.05, 3.63) is 58.8 Å². The lowest BCUT2D eigenvalue weighted by Gasteiger charge is -2.12. The summed E-state index contributed by atoms with van der Waals surface area (Å²) in [5, 5.41) is 12.6. The molecule has 138 valence electrons. The third kappa shape index (κ3) is 4.77. The van der Waals surface area contributed by atoms with Gasteiger partial charge in [0, 0.05) is 13.0 Å². The van der Waals surface area contributed by atoms with Gasteiger partial charge >= 0.3 is 0 Å². The van der Waals surface area contributed by atoms with E-state index in [0.29, 0.717) is 41.3 Å². The van der Waals surface area contributed by atoms with Gasteiger partial charge in [-0.3, -0.25) is 14.2 Å². The molecule has 0 saturated heterocycles. The molecule has 1 amide bonds. The maximum Gasteiger partial charge on any atom is 0.262 e. The molecule has 0 aliphatic heterocycles. The van der Waals surface area contributed by atoms with Crippen LogP contribution in [-0.2, 0) is 17.9 Å². The van der Waals surface area contributed by atoms with Gasteiger partial charge in [0.2, 0.25) is 5.91 Å². The lowest BCUT2D eigenvalue weighted by molar-refractivity contribution is -0.121. The van der Waals surface area contributed by atoms with Crippen LogP contribution in [0.1, 0.15) is 18.6 Å². The smallest absolute Gasteiger partial charge is 0.262 e. The molecule has 0 unspecified atom stereocenters. The maximum absolute atomic E-state index is 12.8. The number of nitrogens with one attached hydrogen (secondary N) is 1. The Labute approximate surface area is 160 Å². The summed E-state index contributed by atoms with van der Waals surface area (Å²) in [6.07, 6.45) is 2.33. The molecule has 0 radical (unpaired) electrons. The van der Waals surface area contributed by atoms with Crippen molar-refractivity contribution in [3.8, 4) is 6.07 Å². The molecule has 2 heterocycles. The number of carbonyl (C=O) groups excluding carboxylic acids is 1. The predicted octanol–water partition coefficient (Wildman–Crippen LogP) is 2.70. The second kappa shape index (κ2) is 9.05. The average molecular weight is 382 g/mol. The Morgan fingerprint density at radius 2 is 2.15 bits per heavy atom. The van der Waals surface area contributed by atoms with E-state index in [2.05, 4.69) is 10.3 Å². The molecule has 2 aromatic heterocycles. The number of nitriles is 1. The van der Waals surface area contributed by atoms with Crippen LogP contribution in [0.4, 0.5) is 0 Å². The summed E-state index contributed by atoms with van der Waals surface area (Å²) in [5.74, 6) is 0.780. The van der Waals surface area contributed by atoms with Crippen LogP contribution < -0.4 is 10.9 Å². The quantitative estimate of drug-likeness (QED) is 0.475. The summed E-state index contributed by atoms with van der Waals surface area (Å²) in [6.45, 7) is 0.700. The van der Waals surface area contributed by atoms with Crippen molar-refractivity contribution in [2.75, 3.05) is 5.75 Å². The molecule has 1 N–H and O–H groups in total. The van der Waals surface area contributed by atoms with E-state index < -0.39 is 0 Å². The number of carbonyl (C=O) groups is 1. The van der Waals surface area contributed by atoms with Crippen LogP contribution in [0.5, 0.6) is 0 Å². The van der Waals surface area contributed by atoms with Crippen molar-refractivity contribution < 1.29 is 9.21 Å². The van der Waals surface area contributed by atoms with Crippen LogP contribution >= 0.6 is 11.8 Å². The number of fused-ring (bicyclic) bond motifs is 1. The number of para-hydroxylation sites is 1. The molecular weight excluding hydrogens is 364 g/mol. The minimum Gasteiger partial charge on any atom is -0.467 e. The van der Waals surface area contributed by atoms with Gasteiger partial charge in [-0.1, -0.05) is 23.9 Å². The Hall–Kier alpha value is -3.05. The molecule has 0 aliphatic rings. The molecule has 27 heavy (non-hydrogen) atoms. The van der Waals surface area contributed by atoms with E-state index in [4.69, 9.17) is 9.68 Å². The number of rotatable bonds is 8. The van der Waals surface area contributed by atoms with Crippen molar-refractivity contribution in [1.29, 1.82) is 5.26 Å². The van der Waals surface area contributed by atoms with Gasteiger partial charge in [-0.2, -0.15) is 5.26 Å². The molecule has 0 fully saturated rings. The second-order valence-electron chi connectivity index (χ2n) is 5.77. The summed E-state index contributed by atoms with van der Waals surface area (Å²) < 4.78 is 6.72. The topological polar surface area (TPSA) is 101 Å². The van der Waals surface area contributed by atoms with Crippen LogP contribution in [-0.4, -0.2) is 21.2 Å². The van der Waals surface area contributed by atoms with Gasteiger partial charge in [-0.05, 0) is 30.7 Å². The van der Waals surface area contributed by atoms with E-state index in [1.807, 2.05) is 12.1 Å². The van der Waals surface area contributed by atoms with Crippen LogP contribution in [0.25, 0.3) is 10.9 Å². The highest BCUT2D eigenvalue weighted by molar-refractivity contribution is 7.99. The Bertz CT molecular complexity index is 1020. The molecule has 1 aromatic carbocycles. The van der Waals surface area contributed by atoms with E-state index in [0.717, 1.165) is 0 Å². The summed E-state index contributed by atoms with van der Waals surface area (Å²) >= 11 is 1.22.